The molecule has 0 unspecified atom stereocenters. The molecule has 0 spiro atoms. The highest BCUT2D eigenvalue weighted by atomic mass is 32.2. The number of aromatic nitrogens is 3. The van der Waals surface area contributed by atoms with Crippen LogP contribution in [0.3, 0.4) is 0 Å². The van der Waals surface area contributed by atoms with Crippen molar-refractivity contribution in [2.75, 3.05) is 0 Å². The number of para-hydroxylation sites is 1. The fraction of sp³-hybridized carbons (Fsp3) is 0.154. The minimum absolute atomic E-state index is 0.373. The van der Waals surface area contributed by atoms with Crippen molar-refractivity contribution in [3.05, 3.63) is 41.4 Å². The molecule has 1 amide bonds. The fourth-order valence-corrected chi connectivity index (χ4v) is 2.81. The van der Waals surface area contributed by atoms with Gasteiger partial charge in [-0.1, -0.05) is 30.0 Å². The molecule has 0 aliphatic heterocycles. The molecule has 108 valence electrons. The number of hydrazine groups is 1. The van der Waals surface area contributed by atoms with E-state index in [1.54, 1.807) is 0 Å². The molecular weight excluding hydrogens is 290 g/mol. The third kappa shape index (κ3) is 2.63. The van der Waals surface area contributed by atoms with Crippen molar-refractivity contribution < 1.29 is 9.21 Å². The molecule has 21 heavy (non-hydrogen) atoms. The largest absolute Gasteiger partial charge is 0.459 e. The number of aromatic amines is 1. The zero-order valence-electron chi connectivity index (χ0n) is 11.2. The molecule has 1 aromatic carbocycles. The smallest absolute Gasteiger partial charge is 0.269 e. The van der Waals surface area contributed by atoms with Gasteiger partial charge in [-0.2, -0.15) is 0 Å². The zero-order chi connectivity index (χ0) is 14.8. The number of rotatable bonds is 4. The Bertz CT molecular complexity index is 795. The number of amides is 1. The van der Waals surface area contributed by atoms with Crippen molar-refractivity contribution in [3.63, 3.8) is 0 Å². The van der Waals surface area contributed by atoms with Gasteiger partial charge in [-0.25, -0.2) is 10.8 Å². The van der Waals surface area contributed by atoms with Crippen molar-refractivity contribution in [3.8, 4) is 0 Å². The molecule has 0 aliphatic carbocycles. The summed E-state index contributed by atoms with van der Waals surface area (Å²) >= 11 is 1.38. The number of thioether (sulfide) groups is 1. The Morgan fingerprint density at radius 2 is 2.29 bits per heavy atom. The van der Waals surface area contributed by atoms with Crippen LogP contribution in [0.25, 0.3) is 11.0 Å². The molecule has 7 nitrogen and oxygen atoms in total. The third-order valence-corrected chi connectivity index (χ3v) is 3.78. The quantitative estimate of drug-likeness (QED) is 0.293. The highest BCUT2D eigenvalue weighted by Crippen LogP contribution is 2.30. The van der Waals surface area contributed by atoms with Crippen LogP contribution in [0, 0.1) is 6.92 Å². The molecule has 8 heteroatoms. The van der Waals surface area contributed by atoms with Gasteiger partial charge in [-0.05, 0) is 13.0 Å². The average molecular weight is 303 g/mol. The normalized spacial score (nSPS) is 11.0. The Hall–Kier alpha value is -2.32. The molecule has 4 N–H and O–H groups in total. The molecule has 3 rings (SSSR count). The van der Waals surface area contributed by atoms with Gasteiger partial charge in [0.05, 0.1) is 11.3 Å². The van der Waals surface area contributed by atoms with E-state index in [4.69, 9.17) is 10.3 Å². The summed E-state index contributed by atoms with van der Waals surface area (Å²) in [6.45, 7) is 1.82. The van der Waals surface area contributed by atoms with Gasteiger partial charge >= 0.3 is 0 Å². The molecule has 0 bridgehead atoms. The van der Waals surface area contributed by atoms with E-state index in [9.17, 15) is 4.79 Å². The van der Waals surface area contributed by atoms with Gasteiger partial charge in [0.2, 0.25) is 5.16 Å². The lowest BCUT2D eigenvalue weighted by Gasteiger charge is -2.00. The van der Waals surface area contributed by atoms with Crippen LogP contribution in [0.5, 0.6) is 0 Å². The Labute approximate surface area is 124 Å². The van der Waals surface area contributed by atoms with Gasteiger partial charge < -0.3 is 4.42 Å². The molecular formula is C13H13N5O2S. The van der Waals surface area contributed by atoms with Crippen molar-refractivity contribution in [2.24, 2.45) is 5.84 Å². The maximum atomic E-state index is 12.0. The Morgan fingerprint density at radius 1 is 1.48 bits per heavy atom. The van der Waals surface area contributed by atoms with Gasteiger partial charge in [0.15, 0.2) is 0 Å². The number of H-pyrrole nitrogens is 1. The Morgan fingerprint density at radius 3 is 3.00 bits per heavy atom. The molecule has 2 heterocycles. The lowest BCUT2D eigenvalue weighted by molar-refractivity contribution is 0.0953. The topological polar surface area (TPSA) is 110 Å². The van der Waals surface area contributed by atoms with Crippen LogP contribution in [0.2, 0.25) is 0 Å². The van der Waals surface area contributed by atoms with E-state index < -0.39 is 0 Å². The summed E-state index contributed by atoms with van der Waals surface area (Å²) in [5.74, 6) is 6.61. The minimum Gasteiger partial charge on any atom is -0.459 e. The van der Waals surface area contributed by atoms with Crippen LogP contribution in [-0.4, -0.2) is 21.1 Å². The van der Waals surface area contributed by atoms with E-state index in [0.29, 0.717) is 27.8 Å². The lowest BCUT2D eigenvalue weighted by atomic mass is 10.1. The number of nitrogens with zero attached hydrogens (tertiary/aromatic N) is 2. The number of aryl methyl sites for hydroxylation is 1. The highest BCUT2D eigenvalue weighted by molar-refractivity contribution is 7.98. The van der Waals surface area contributed by atoms with E-state index in [2.05, 4.69) is 20.6 Å². The molecule has 0 atom stereocenters. The number of fused-ring (bicyclic) bond motifs is 1. The first kappa shape index (κ1) is 13.7. The third-order valence-electron chi connectivity index (χ3n) is 2.94. The van der Waals surface area contributed by atoms with Crippen LogP contribution in [0.4, 0.5) is 0 Å². The van der Waals surface area contributed by atoms with Crippen LogP contribution >= 0.6 is 11.8 Å². The molecule has 0 saturated carbocycles. The molecule has 0 aliphatic rings. The fourth-order valence-electron chi connectivity index (χ4n) is 2.04. The second-order valence-corrected chi connectivity index (χ2v) is 5.30. The van der Waals surface area contributed by atoms with E-state index in [1.807, 2.05) is 31.2 Å². The van der Waals surface area contributed by atoms with Crippen molar-refractivity contribution in [1.29, 1.82) is 0 Å². The Kier molecular flexibility index (Phi) is 3.63. The van der Waals surface area contributed by atoms with Crippen molar-refractivity contribution >= 4 is 28.6 Å². The number of benzene rings is 1. The highest BCUT2D eigenvalue weighted by Gasteiger charge is 2.20. The van der Waals surface area contributed by atoms with Gasteiger partial charge in [-0.15, -0.1) is 5.10 Å². The second-order valence-electron chi connectivity index (χ2n) is 4.36. The SMILES string of the molecule is Cc1nc(SCc2oc3ccccc3c2C(=O)NN)n[nH]1. The predicted octanol–water partition coefficient (Wildman–Crippen LogP) is 1.76. The number of nitrogens with two attached hydrogens (primary N) is 1. The van der Waals surface area contributed by atoms with Crippen molar-refractivity contribution in [1.82, 2.24) is 20.6 Å². The molecule has 3 aromatic rings. The van der Waals surface area contributed by atoms with Gasteiger partial charge in [0.1, 0.15) is 17.2 Å². The van der Waals surface area contributed by atoms with Crippen LogP contribution in [0.1, 0.15) is 21.9 Å². The summed E-state index contributed by atoms with van der Waals surface area (Å²) in [4.78, 5) is 16.2. The summed E-state index contributed by atoms with van der Waals surface area (Å²) in [7, 11) is 0. The molecule has 0 saturated heterocycles. The number of nitrogens with one attached hydrogen (secondary N) is 2. The molecule has 0 radical (unpaired) electrons. The molecule has 0 fully saturated rings. The number of carbonyl (C=O) groups excluding carboxylic acids is 1. The van der Waals surface area contributed by atoms with Gasteiger partial charge in [0, 0.05) is 5.39 Å². The Balaban J connectivity index is 1.95. The standard InChI is InChI=1S/C13H13N5O2S/c1-7-15-13(18-17-7)21-6-10-11(12(19)16-14)8-4-2-3-5-9(8)20-10/h2-5H,6,14H2,1H3,(H,16,19)(H,15,17,18). The lowest BCUT2D eigenvalue weighted by Crippen LogP contribution is -2.30. The first-order chi connectivity index (χ1) is 10.2. The second kappa shape index (κ2) is 5.58. The molecule has 2 aromatic heterocycles. The van der Waals surface area contributed by atoms with Crippen LogP contribution in [0.15, 0.2) is 33.8 Å². The summed E-state index contributed by atoms with van der Waals surface area (Å²) in [6.07, 6.45) is 0. The number of hydrogen-bond donors (Lipinski definition) is 3. The summed E-state index contributed by atoms with van der Waals surface area (Å²) in [5, 5.41) is 8.15. The van der Waals surface area contributed by atoms with Crippen molar-refractivity contribution in [2.45, 2.75) is 17.8 Å². The monoisotopic (exact) mass is 303 g/mol. The summed E-state index contributed by atoms with van der Waals surface area (Å²) in [5.41, 5.74) is 3.26. The number of carbonyl (C=O) groups is 1. The average Bonchev–Trinajstić information content (AvgIpc) is 3.07. The van der Waals surface area contributed by atoms with Gasteiger partial charge in [0.25, 0.3) is 5.91 Å². The predicted molar refractivity (Wildman–Crippen MR) is 78.5 cm³/mol. The number of hydrogen-bond acceptors (Lipinski definition) is 6. The zero-order valence-corrected chi connectivity index (χ0v) is 12.0. The number of nitrogen functional groups attached to an aromatic ring is 1. The summed E-state index contributed by atoms with van der Waals surface area (Å²) in [6, 6.07) is 7.34. The number of furan rings is 1. The van der Waals surface area contributed by atoms with E-state index >= 15 is 0 Å². The minimum atomic E-state index is -0.373. The van der Waals surface area contributed by atoms with E-state index in [1.165, 1.54) is 11.8 Å². The van der Waals surface area contributed by atoms with E-state index in [0.717, 1.165) is 11.2 Å². The first-order valence-electron chi connectivity index (χ1n) is 6.22. The van der Waals surface area contributed by atoms with Crippen LogP contribution < -0.4 is 11.3 Å². The van der Waals surface area contributed by atoms with Gasteiger partial charge in [-0.3, -0.25) is 15.3 Å². The maximum Gasteiger partial charge on any atom is 0.269 e. The summed E-state index contributed by atoms with van der Waals surface area (Å²) < 4.78 is 5.75. The maximum absolute atomic E-state index is 12.0. The first-order valence-corrected chi connectivity index (χ1v) is 7.20. The van der Waals surface area contributed by atoms with Crippen LogP contribution in [-0.2, 0) is 5.75 Å². The van der Waals surface area contributed by atoms with E-state index in [-0.39, 0.29) is 5.91 Å².